The Hall–Kier alpha value is -2.87. The van der Waals surface area contributed by atoms with Crippen molar-refractivity contribution in [2.75, 3.05) is 19.7 Å². The molecular weight excluding hydrogens is 361 g/mol. The normalized spacial score (nSPS) is 19.9. The fraction of sp³-hybridized carbons (Fsp3) is 0.400. The zero-order chi connectivity index (χ0) is 19.3. The monoisotopic (exact) mass is 381 g/mol. The van der Waals surface area contributed by atoms with Crippen LogP contribution in [-0.2, 0) is 4.74 Å². The minimum Gasteiger partial charge on any atom is -0.368 e. The number of morpholine rings is 1. The number of hydrogen-bond acceptors (Lipinski definition) is 5. The van der Waals surface area contributed by atoms with Crippen molar-refractivity contribution < 1.29 is 13.9 Å². The molecule has 7 nitrogen and oxygen atoms in total. The van der Waals surface area contributed by atoms with Gasteiger partial charge in [0.2, 0.25) is 0 Å². The number of amides is 1. The number of nitrogens with zero attached hydrogens (tertiary/aromatic N) is 5. The van der Waals surface area contributed by atoms with E-state index in [9.17, 15) is 9.18 Å². The molecule has 3 aromatic rings. The van der Waals surface area contributed by atoms with Gasteiger partial charge in [0.25, 0.3) is 11.7 Å². The highest BCUT2D eigenvalue weighted by atomic mass is 19.1. The van der Waals surface area contributed by atoms with Crippen LogP contribution in [0.2, 0.25) is 0 Å². The molecule has 1 aliphatic carbocycles. The number of aryl methyl sites for hydroxylation is 1. The topological polar surface area (TPSA) is 72.6 Å². The van der Waals surface area contributed by atoms with Crippen molar-refractivity contribution >= 4 is 11.7 Å². The number of aromatic nitrogens is 4. The molecule has 0 bridgehead atoms. The van der Waals surface area contributed by atoms with Gasteiger partial charge in [-0.15, -0.1) is 0 Å². The van der Waals surface area contributed by atoms with Crippen LogP contribution < -0.4 is 0 Å². The fourth-order valence-corrected chi connectivity index (χ4v) is 3.77. The predicted octanol–water partition coefficient (Wildman–Crippen LogP) is 2.66. The van der Waals surface area contributed by atoms with Crippen molar-refractivity contribution in [3.8, 4) is 0 Å². The molecule has 28 heavy (non-hydrogen) atoms. The molecule has 1 aromatic carbocycles. The minimum absolute atomic E-state index is 0.101. The highest BCUT2D eigenvalue weighted by Gasteiger charge is 2.31. The molecule has 3 heterocycles. The summed E-state index contributed by atoms with van der Waals surface area (Å²) in [6.07, 6.45) is 3.11. The first kappa shape index (κ1) is 17.2. The maximum atomic E-state index is 14.0. The number of carbonyl (C=O) groups is 1. The quantitative estimate of drug-likeness (QED) is 0.697. The van der Waals surface area contributed by atoms with Gasteiger partial charge in [0.05, 0.1) is 18.8 Å². The van der Waals surface area contributed by atoms with E-state index in [0.29, 0.717) is 36.6 Å². The van der Waals surface area contributed by atoms with Crippen LogP contribution >= 0.6 is 0 Å². The molecule has 2 aliphatic rings. The van der Waals surface area contributed by atoms with Crippen molar-refractivity contribution in [3.63, 3.8) is 0 Å². The van der Waals surface area contributed by atoms with Crippen LogP contribution in [0.1, 0.15) is 52.2 Å². The second-order valence-corrected chi connectivity index (χ2v) is 7.42. The summed E-state index contributed by atoms with van der Waals surface area (Å²) in [7, 11) is 0. The number of rotatable bonds is 3. The second-order valence-electron chi connectivity index (χ2n) is 7.42. The van der Waals surface area contributed by atoms with Gasteiger partial charge in [0.15, 0.2) is 0 Å². The van der Waals surface area contributed by atoms with Gasteiger partial charge in [0.1, 0.15) is 18.2 Å². The average Bonchev–Trinajstić information content (AvgIpc) is 3.44. The van der Waals surface area contributed by atoms with Gasteiger partial charge in [-0.2, -0.15) is 14.6 Å². The van der Waals surface area contributed by atoms with Gasteiger partial charge in [-0.05, 0) is 55.5 Å². The lowest BCUT2D eigenvalue weighted by atomic mass is 10.0. The molecule has 144 valence electrons. The summed E-state index contributed by atoms with van der Waals surface area (Å²) >= 11 is 0. The molecule has 0 radical (unpaired) electrons. The van der Waals surface area contributed by atoms with E-state index in [1.165, 1.54) is 12.4 Å². The van der Waals surface area contributed by atoms with Gasteiger partial charge < -0.3 is 9.64 Å². The molecule has 8 heteroatoms. The van der Waals surface area contributed by atoms with Crippen LogP contribution in [0.15, 0.2) is 30.6 Å². The third-order valence-electron chi connectivity index (χ3n) is 5.35. The summed E-state index contributed by atoms with van der Waals surface area (Å²) in [6, 6.07) is 6.60. The van der Waals surface area contributed by atoms with Crippen LogP contribution in [0.3, 0.4) is 0 Å². The smallest absolute Gasteiger partial charge is 0.254 e. The Morgan fingerprint density at radius 1 is 1.29 bits per heavy atom. The highest BCUT2D eigenvalue weighted by molar-refractivity contribution is 5.94. The first-order valence-electron chi connectivity index (χ1n) is 9.48. The van der Waals surface area contributed by atoms with Crippen LogP contribution in [0, 0.1) is 12.7 Å². The molecule has 2 aromatic heterocycles. The van der Waals surface area contributed by atoms with Crippen LogP contribution in [0.5, 0.6) is 0 Å². The number of carbonyl (C=O) groups excluding carboxylic acids is 1. The molecule has 1 unspecified atom stereocenters. The maximum Gasteiger partial charge on any atom is 0.254 e. The molecule has 1 atom stereocenters. The van der Waals surface area contributed by atoms with E-state index >= 15 is 0 Å². The standard InChI is InChI=1S/C20H20FN5O2/c1-12-8-17(26-20(24-12)22-11-23-26)18-10-25(6-7-28-18)19(27)14-4-5-16(21)15(9-14)13-2-3-13/h4-5,8-9,11,13,18H,2-3,6-7,10H2,1H3. The molecule has 0 N–H and O–H groups in total. The Labute approximate surface area is 161 Å². The Balaban J connectivity index is 1.42. The first-order chi connectivity index (χ1) is 13.6. The highest BCUT2D eigenvalue weighted by Crippen LogP contribution is 2.41. The number of benzene rings is 1. The Morgan fingerprint density at radius 2 is 2.14 bits per heavy atom. The largest absolute Gasteiger partial charge is 0.368 e. The molecule has 1 amide bonds. The van der Waals surface area contributed by atoms with E-state index in [-0.39, 0.29) is 23.7 Å². The molecule has 2 fully saturated rings. The molecule has 1 aliphatic heterocycles. The van der Waals surface area contributed by atoms with Crippen LogP contribution in [0.25, 0.3) is 5.78 Å². The van der Waals surface area contributed by atoms with Crippen molar-refractivity contribution in [2.24, 2.45) is 0 Å². The van der Waals surface area contributed by atoms with E-state index < -0.39 is 0 Å². The first-order valence-corrected chi connectivity index (χ1v) is 9.48. The van der Waals surface area contributed by atoms with Gasteiger partial charge >= 0.3 is 0 Å². The second kappa shape index (κ2) is 6.63. The van der Waals surface area contributed by atoms with E-state index in [1.807, 2.05) is 13.0 Å². The van der Waals surface area contributed by atoms with Gasteiger partial charge in [-0.3, -0.25) is 4.79 Å². The summed E-state index contributed by atoms with van der Waals surface area (Å²) in [5, 5.41) is 4.23. The third kappa shape index (κ3) is 3.03. The lowest BCUT2D eigenvalue weighted by molar-refractivity contribution is -0.0257. The Bertz CT molecular complexity index is 1060. The molecule has 5 rings (SSSR count). The summed E-state index contributed by atoms with van der Waals surface area (Å²) in [4.78, 5) is 23.3. The lowest BCUT2D eigenvalue weighted by Gasteiger charge is -2.33. The predicted molar refractivity (Wildman–Crippen MR) is 98.5 cm³/mol. The maximum absolute atomic E-state index is 14.0. The van der Waals surface area contributed by atoms with Gasteiger partial charge in [0, 0.05) is 17.8 Å². The van der Waals surface area contributed by atoms with Crippen LogP contribution in [0.4, 0.5) is 4.39 Å². The molecular formula is C20H20FN5O2. The summed E-state index contributed by atoms with van der Waals surface area (Å²) in [5.41, 5.74) is 2.82. The molecule has 1 saturated heterocycles. The minimum atomic E-state index is -0.327. The summed E-state index contributed by atoms with van der Waals surface area (Å²) < 4.78 is 21.6. The van der Waals surface area contributed by atoms with E-state index in [4.69, 9.17) is 4.74 Å². The molecule has 1 saturated carbocycles. The number of ether oxygens (including phenoxy) is 1. The van der Waals surface area contributed by atoms with Crippen molar-refractivity contribution in [2.45, 2.75) is 31.8 Å². The van der Waals surface area contributed by atoms with Gasteiger partial charge in [-0.1, -0.05) is 0 Å². The zero-order valence-electron chi connectivity index (χ0n) is 15.5. The van der Waals surface area contributed by atoms with Crippen molar-refractivity contribution in [3.05, 3.63) is 58.9 Å². The number of halogens is 1. The fourth-order valence-electron chi connectivity index (χ4n) is 3.77. The number of fused-ring (bicyclic) bond motifs is 1. The van der Waals surface area contributed by atoms with Gasteiger partial charge in [-0.25, -0.2) is 9.37 Å². The average molecular weight is 381 g/mol. The van der Waals surface area contributed by atoms with Crippen LogP contribution in [-0.4, -0.2) is 50.1 Å². The summed E-state index contributed by atoms with van der Waals surface area (Å²) in [5.74, 6) is 0.441. The third-order valence-corrected chi connectivity index (χ3v) is 5.35. The van der Waals surface area contributed by atoms with Crippen molar-refractivity contribution in [1.29, 1.82) is 0 Å². The molecule has 0 spiro atoms. The Kier molecular flexibility index (Phi) is 4.08. The van der Waals surface area contributed by atoms with E-state index in [1.54, 1.807) is 21.5 Å². The lowest BCUT2D eigenvalue weighted by Crippen LogP contribution is -2.42. The zero-order valence-corrected chi connectivity index (χ0v) is 15.5. The SMILES string of the molecule is Cc1cc(C2CN(C(=O)c3ccc(F)c(C4CC4)c3)CCO2)n2ncnc2n1. The Morgan fingerprint density at radius 3 is 2.96 bits per heavy atom. The van der Waals surface area contributed by atoms with E-state index in [2.05, 4.69) is 15.1 Å². The summed E-state index contributed by atoms with van der Waals surface area (Å²) in [6.45, 7) is 3.20. The van der Waals surface area contributed by atoms with Crippen molar-refractivity contribution in [1.82, 2.24) is 24.5 Å². The number of hydrogen-bond donors (Lipinski definition) is 0. The van der Waals surface area contributed by atoms with E-state index in [0.717, 1.165) is 24.2 Å².